The highest BCUT2D eigenvalue weighted by Crippen LogP contribution is 2.19. The number of furan rings is 1. The number of piperidine rings is 1. The van der Waals surface area contributed by atoms with E-state index in [9.17, 15) is 8.42 Å². The monoisotopic (exact) mass is 286 g/mol. The molecule has 0 amide bonds. The van der Waals surface area contributed by atoms with Crippen molar-refractivity contribution in [2.75, 3.05) is 25.9 Å². The van der Waals surface area contributed by atoms with E-state index in [-0.39, 0.29) is 6.04 Å². The Labute approximate surface area is 115 Å². The summed E-state index contributed by atoms with van der Waals surface area (Å²) in [6, 6.07) is 3.98. The van der Waals surface area contributed by atoms with E-state index in [1.807, 2.05) is 12.1 Å². The van der Waals surface area contributed by atoms with Gasteiger partial charge in [0.05, 0.1) is 18.6 Å². The first-order chi connectivity index (χ1) is 8.97. The Bertz CT molecular complexity index is 484. The summed E-state index contributed by atoms with van der Waals surface area (Å²) in [5.74, 6) is 1.29. The highest BCUT2D eigenvalue weighted by molar-refractivity contribution is 7.88. The van der Waals surface area contributed by atoms with Crippen molar-refractivity contribution in [3.8, 4) is 0 Å². The van der Waals surface area contributed by atoms with E-state index in [0.29, 0.717) is 19.0 Å². The van der Waals surface area contributed by atoms with Gasteiger partial charge in [0.2, 0.25) is 10.0 Å². The van der Waals surface area contributed by atoms with E-state index in [1.54, 1.807) is 10.6 Å². The molecule has 0 bridgehead atoms. The zero-order valence-electron chi connectivity index (χ0n) is 11.5. The molecular formula is C13H22N2O3S. The molecule has 0 radical (unpaired) electrons. The van der Waals surface area contributed by atoms with Crippen LogP contribution in [0.15, 0.2) is 22.8 Å². The lowest BCUT2D eigenvalue weighted by atomic mass is 9.99. The van der Waals surface area contributed by atoms with E-state index in [0.717, 1.165) is 25.1 Å². The van der Waals surface area contributed by atoms with E-state index in [1.165, 1.54) is 6.26 Å². The van der Waals surface area contributed by atoms with Crippen LogP contribution in [0.3, 0.4) is 0 Å². The van der Waals surface area contributed by atoms with E-state index >= 15 is 0 Å². The molecule has 0 spiro atoms. The highest BCUT2D eigenvalue weighted by Gasteiger charge is 2.26. The van der Waals surface area contributed by atoms with Crippen molar-refractivity contribution in [1.29, 1.82) is 0 Å². The van der Waals surface area contributed by atoms with Gasteiger partial charge in [0.25, 0.3) is 0 Å². The Kier molecular flexibility index (Phi) is 4.65. The van der Waals surface area contributed by atoms with Gasteiger partial charge in [0.15, 0.2) is 0 Å². The number of nitrogens with one attached hydrogen (secondary N) is 1. The fourth-order valence-electron chi connectivity index (χ4n) is 2.48. The average Bonchev–Trinajstić information content (AvgIpc) is 2.89. The molecule has 1 aliphatic rings. The zero-order chi connectivity index (χ0) is 13.9. The summed E-state index contributed by atoms with van der Waals surface area (Å²) in [5, 5.41) is 3.41. The molecule has 2 rings (SSSR count). The first-order valence-electron chi connectivity index (χ1n) is 6.68. The lowest BCUT2D eigenvalue weighted by Gasteiger charge is -2.31. The Morgan fingerprint density at radius 3 is 3.00 bits per heavy atom. The third kappa shape index (κ3) is 4.06. The van der Waals surface area contributed by atoms with Gasteiger partial charge in [-0.15, -0.1) is 0 Å². The minimum atomic E-state index is -3.05. The van der Waals surface area contributed by atoms with Crippen molar-refractivity contribution in [3.05, 3.63) is 24.2 Å². The Hall–Kier alpha value is -0.850. The largest absolute Gasteiger partial charge is 0.468 e. The third-order valence-corrected chi connectivity index (χ3v) is 4.90. The minimum Gasteiger partial charge on any atom is -0.468 e. The van der Waals surface area contributed by atoms with Crippen LogP contribution < -0.4 is 5.32 Å². The molecule has 5 nitrogen and oxygen atoms in total. The zero-order valence-corrected chi connectivity index (χ0v) is 12.3. The Morgan fingerprint density at radius 1 is 1.58 bits per heavy atom. The molecule has 1 fully saturated rings. The van der Waals surface area contributed by atoms with Gasteiger partial charge < -0.3 is 9.73 Å². The van der Waals surface area contributed by atoms with Crippen molar-refractivity contribution < 1.29 is 12.8 Å². The first kappa shape index (κ1) is 14.6. The molecule has 1 saturated heterocycles. The van der Waals surface area contributed by atoms with Crippen molar-refractivity contribution in [1.82, 2.24) is 9.62 Å². The SMILES string of the molecule is CC(NCC1CCCN(S(C)(=O)=O)C1)c1ccco1. The van der Waals surface area contributed by atoms with Crippen LogP contribution in [0.5, 0.6) is 0 Å². The van der Waals surface area contributed by atoms with Crippen molar-refractivity contribution >= 4 is 10.0 Å². The summed E-state index contributed by atoms with van der Waals surface area (Å²) < 4.78 is 30.0. The second-order valence-corrected chi connectivity index (χ2v) is 7.26. The molecule has 19 heavy (non-hydrogen) atoms. The number of hydrogen-bond donors (Lipinski definition) is 1. The lowest BCUT2D eigenvalue weighted by Crippen LogP contribution is -2.42. The molecule has 2 atom stereocenters. The second kappa shape index (κ2) is 6.07. The fraction of sp³-hybridized carbons (Fsp3) is 0.692. The summed E-state index contributed by atoms with van der Waals surface area (Å²) in [5.41, 5.74) is 0. The lowest BCUT2D eigenvalue weighted by molar-refractivity contribution is 0.253. The summed E-state index contributed by atoms with van der Waals surface area (Å²) in [4.78, 5) is 0. The molecule has 0 aliphatic carbocycles. The molecule has 1 N–H and O–H groups in total. The number of rotatable bonds is 5. The van der Waals surface area contributed by atoms with Gasteiger partial charge in [0.1, 0.15) is 5.76 Å². The van der Waals surface area contributed by atoms with Crippen LogP contribution in [-0.4, -0.2) is 38.6 Å². The van der Waals surface area contributed by atoms with Crippen LogP contribution in [0.25, 0.3) is 0 Å². The normalized spacial score (nSPS) is 23.4. The quantitative estimate of drug-likeness (QED) is 0.893. The van der Waals surface area contributed by atoms with E-state index in [4.69, 9.17) is 4.42 Å². The van der Waals surface area contributed by atoms with E-state index in [2.05, 4.69) is 12.2 Å². The van der Waals surface area contributed by atoms with Gasteiger partial charge in [-0.3, -0.25) is 0 Å². The second-order valence-electron chi connectivity index (χ2n) is 5.27. The van der Waals surface area contributed by atoms with Gasteiger partial charge >= 0.3 is 0 Å². The first-order valence-corrected chi connectivity index (χ1v) is 8.53. The summed E-state index contributed by atoms with van der Waals surface area (Å²) >= 11 is 0. The smallest absolute Gasteiger partial charge is 0.211 e. The molecule has 1 aromatic rings. The maximum atomic E-state index is 11.5. The van der Waals surface area contributed by atoms with Gasteiger partial charge in [-0.2, -0.15) is 0 Å². The molecule has 1 aliphatic heterocycles. The molecule has 6 heteroatoms. The van der Waals surface area contributed by atoms with Gasteiger partial charge in [-0.05, 0) is 44.4 Å². The van der Waals surface area contributed by atoms with Crippen LogP contribution in [0.1, 0.15) is 31.6 Å². The molecule has 0 saturated carbocycles. The van der Waals surface area contributed by atoms with Crippen molar-refractivity contribution in [2.24, 2.45) is 5.92 Å². The van der Waals surface area contributed by atoms with Crippen molar-refractivity contribution in [3.63, 3.8) is 0 Å². The minimum absolute atomic E-state index is 0.156. The molecule has 0 aromatic carbocycles. The molecule has 2 unspecified atom stereocenters. The van der Waals surface area contributed by atoms with Gasteiger partial charge in [0, 0.05) is 13.1 Å². The van der Waals surface area contributed by atoms with Crippen LogP contribution >= 0.6 is 0 Å². The topological polar surface area (TPSA) is 62.6 Å². The average molecular weight is 286 g/mol. The maximum absolute atomic E-state index is 11.5. The van der Waals surface area contributed by atoms with Gasteiger partial charge in [-0.25, -0.2) is 12.7 Å². The third-order valence-electron chi connectivity index (χ3n) is 3.63. The number of sulfonamides is 1. The fourth-order valence-corrected chi connectivity index (χ4v) is 3.42. The van der Waals surface area contributed by atoms with Crippen molar-refractivity contribution in [2.45, 2.75) is 25.8 Å². The molecular weight excluding hydrogens is 264 g/mol. The number of nitrogens with zero attached hydrogens (tertiary/aromatic N) is 1. The standard InChI is InChI=1S/C13H22N2O3S/c1-11(13-6-4-8-18-13)14-9-12-5-3-7-15(10-12)19(2,16)17/h4,6,8,11-12,14H,3,5,7,9-10H2,1-2H3. The van der Waals surface area contributed by atoms with E-state index < -0.39 is 10.0 Å². The Balaban J connectivity index is 1.83. The molecule has 108 valence electrons. The number of hydrogen-bond acceptors (Lipinski definition) is 4. The molecule has 2 heterocycles. The summed E-state index contributed by atoms with van der Waals surface area (Å²) in [6.45, 7) is 4.14. The summed E-state index contributed by atoms with van der Waals surface area (Å²) in [6.07, 6.45) is 4.96. The van der Waals surface area contributed by atoms with Crippen LogP contribution in [0, 0.1) is 5.92 Å². The highest BCUT2D eigenvalue weighted by atomic mass is 32.2. The predicted octanol–water partition coefficient (Wildman–Crippen LogP) is 1.60. The predicted molar refractivity (Wildman–Crippen MR) is 74.3 cm³/mol. The molecule has 1 aromatic heterocycles. The maximum Gasteiger partial charge on any atom is 0.211 e. The summed E-state index contributed by atoms with van der Waals surface area (Å²) in [7, 11) is -3.05. The van der Waals surface area contributed by atoms with Crippen LogP contribution in [0.4, 0.5) is 0 Å². The Morgan fingerprint density at radius 2 is 2.37 bits per heavy atom. The van der Waals surface area contributed by atoms with Crippen LogP contribution in [-0.2, 0) is 10.0 Å². The van der Waals surface area contributed by atoms with Crippen LogP contribution in [0.2, 0.25) is 0 Å². The van der Waals surface area contributed by atoms with Gasteiger partial charge in [-0.1, -0.05) is 0 Å².